The van der Waals surface area contributed by atoms with E-state index in [0.29, 0.717) is 6.42 Å². The average Bonchev–Trinajstić information content (AvgIpc) is 2.41. The fourth-order valence-corrected chi connectivity index (χ4v) is 3.09. The van der Waals surface area contributed by atoms with Crippen molar-refractivity contribution in [1.29, 1.82) is 0 Å². The summed E-state index contributed by atoms with van der Waals surface area (Å²) in [5.74, 6) is 0.0853. The Kier molecular flexibility index (Phi) is 4.07. The van der Waals surface area contributed by atoms with E-state index in [9.17, 15) is 9.90 Å². The van der Waals surface area contributed by atoms with Crippen LogP contribution in [0, 0.1) is 12.3 Å². The van der Waals surface area contributed by atoms with Gasteiger partial charge in [-0.05, 0) is 81.2 Å². The third-order valence-corrected chi connectivity index (χ3v) is 4.37. The molecule has 0 aliphatic heterocycles. The van der Waals surface area contributed by atoms with Gasteiger partial charge in [0.05, 0.1) is 12.5 Å². The first-order valence-corrected chi connectivity index (χ1v) is 7.28. The standard InChI is InChI=1S/C17H24O3/c1-11-9-15(20-4)14(10-17(2,3)16(18)19)13-8-6-5-7-12(11)13/h9H,5-8,10H2,1-4H3,(H,18,19). The molecule has 1 aliphatic rings. The second-order valence-corrected chi connectivity index (χ2v) is 6.40. The van der Waals surface area contributed by atoms with E-state index in [1.807, 2.05) is 0 Å². The summed E-state index contributed by atoms with van der Waals surface area (Å²) in [5.41, 5.74) is 4.35. The summed E-state index contributed by atoms with van der Waals surface area (Å²) in [5, 5.41) is 9.38. The number of fused-ring (bicyclic) bond motifs is 1. The van der Waals surface area contributed by atoms with Crippen molar-refractivity contribution in [2.75, 3.05) is 7.11 Å². The first-order valence-electron chi connectivity index (χ1n) is 7.28. The quantitative estimate of drug-likeness (QED) is 0.915. The van der Waals surface area contributed by atoms with Crippen LogP contribution in [0.4, 0.5) is 0 Å². The summed E-state index contributed by atoms with van der Waals surface area (Å²) < 4.78 is 5.52. The van der Waals surface area contributed by atoms with Gasteiger partial charge in [-0.1, -0.05) is 0 Å². The van der Waals surface area contributed by atoms with Gasteiger partial charge in [-0.2, -0.15) is 0 Å². The summed E-state index contributed by atoms with van der Waals surface area (Å²) in [6.07, 6.45) is 5.07. The van der Waals surface area contributed by atoms with E-state index >= 15 is 0 Å². The van der Waals surface area contributed by atoms with E-state index in [1.54, 1.807) is 21.0 Å². The van der Waals surface area contributed by atoms with Crippen LogP contribution in [0.25, 0.3) is 0 Å². The second-order valence-electron chi connectivity index (χ2n) is 6.40. The number of carboxylic acid groups (broad SMARTS) is 1. The summed E-state index contributed by atoms with van der Waals surface area (Å²) >= 11 is 0. The highest BCUT2D eigenvalue weighted by Crippen LogP contribution is 2.37. The van der Waals surface area contributed by atoms with Gasteiger partial charge < -0.3 is 9.84 Å². The molecule has 2 rings (SSSR count). The molecular formula is C17H24O3. The van der Waals surface area contributed by atoms with Gasteiger partial charge >= 0.3 is 5.97 Å². The molecule has 0 saturated heterocycles. The molecule has 1 aromatic carbocycles. The Bertz CT molecular complexity index is 530. The number of hydrogen-bond acceptors (Lipinski definition) is 2. The predicted molar refractivity (Wildman–Crippen MR) is 79.5 cm³/mol. The maximum Gasteiger partial charge on any atom is 0.309 e. The van der Waals surface area contributed by atoms with E-state index in [1.165, 1.54) is 29.5 Å². The molecule has 0 amide bonds. The lowest BCUT2D eigenvalue weighted by atomic mass is 9.78. The monoisotopic (exact) mass is 276 g/mol. The van der Waals surface area contributed by atoms with Crippen LogP contribution in [-0.4, -0.2) is 18.2 Å². The number of ether oxygens (including phenoxy) is 1. The van der Waals surface area contributed by atoms with Crippen LogP contribution in [0.3, 0.4) is 0 Å². The van der Waals surface area contributed by atoms with Crippen LogP contribution in [0.5, 0.6) is 5.75 Å². The van der Waals surface area contributed by atoms with E-state index in [4.69, 9.17) is 4.74 Å². The largest absolute Gasteiger partial charge is 0.496 e. The van der Waals surface area contributed by atoms with Gasteiger partial charge in [-0.25, -0.2) is 0 Å². The fourth-order valence-electron chi connectivity index (χ4n) is 3.09. The van der Waals surface area contributed by atoms with E-state index in [-0.39, 0.29) is 0 Å². The summed E-state index contributed by atoms with van der Waals surface area (Å²) in [6.45, 7) is 5.69. The van der Waals surface area contributed by atoms with Crippen LogP contribution in [0.1, 0.15) is 48.9 Å². The molecule has 1 aromatic rings. The van der Waals surface area contributed by atoms with Gasteiger partial charge in [0.15, 0.2) is 0 Å². The van der Waals surface area contributed by atoms with Crippen LogP contribution >= 0.6 is 0 Å². The molecular weight excluding hydrogens is 252 g/mol. The third-order valence-electron chi connectivity index (χ3n) is 4.37. The topological polar surface area (TPSA) is 46.5 Å². The molecule has 0 heterocycles. The van der Waals surface area contributed by atoms with Crippen molar-refractivity contribution < 1.29 is 14.6 Å². The predicted octanol–water partition coefficient (Wildman–Crippen LogP) is 3.54. The molecule has 0 spiro atoms. The number of methoxy groups -OCH3 is 1. The Morgan fingerprint density at radius 1 is 1.30 bits per heavy atom. The smallest absolute Gasteiger partial charge is 0.309 e. The molecule has 0 saturated carbocycles. The van der Waals surface area contributed by atoms with Crippen molar-refractivity contribution in [3.8, 4) is 5.75 Å². The molecule has 110 valence electrons. The van der Waals surface area contributed by atoms with Crippen molar-refractivity contribution in [3.05, 3.63) is 28.3 Å². The van der Waals surface area contributed by atoms with Crippen molar-refractivity contribution in [1.82, 2.24) is 0 Å². The highest BCUT2D eigenvalue weighted by molar-refractivity contribution is 5.74. The lowest BCUT2D eigenvalue weighted by Crippen LogP contribution is -2.27. The zero-order valence-corrected chi connectivity index (χ0v) is 12.9. The summed E-state index contributed by atoms with van der Waals surface area (Å²) in [6, 6.07) is 2.07. The number of aliphatic carboxylic acids is 1. The molecule has 1 aliphatic carbocycles. The molecule has 0 unspecified atom stereocenters. The highest BCUT2D eigenvalue weighted by Gasteiger charge is 2.31. The Morgan fingerprint density at radius 2 is 1.90 bits per heavy atom. The number of hydrogen-bond donors (Lipinski definition) is 1. The Morgan fingerprint density at radius 3 is 2.45 bits per heavy atom. The van der Waals surface area contributed by atoms with Gasteiger partial charge in [-0.15, -0.1) is 0 Å². The number of carbonyl (C=O) groups is 1. The molecule has 1 N–H and O–H groups in total. The number of rotatable bonds is 4. The fraction of sp³-hybridized carbons (Fsp3) is 0.588. The first-order chi connectivity index (χ1) is 9.36. The van der Waals surface area contributed by atoms with Gasteiger partial charge in [0.1, 0.15) is 5.75 Å². The van der Waals surface area contributed by atoms with Crippen LogP contribution < -0.4 is 4.74 Å². The molecule has 3 heteroatoms. The highest BCUT2D eigenvalue weighted by atomic mass is 16.5. The average molecular weight is 276 g/mol. The Hall–Kier alpha value is -1.51. The minimum Gasteiger partial charge on any atom is -0.496 e. The van der Waals surface area contributed by atoms with Crippen molar-refractivity contribution in [3.63, 3.8) is 0 Å². The Balaban J connectivity index is 2.53. The third kappa shape index (κ3) is 2.67. The maximum absolute atomic E-state index is 11.4. The van der Waals surface area contributed by atoms with Crippen molar-refractivity contribution in [2.24, 2.45) is 5.41 Å². The van der Waals surface area contributed by atoms with Crippen LogP contribution in [-0.2, 0) is 24.1 Å². The molecule has 3 nitrogen and oxygen atoms in total. The maximum atomic E-state index is 11.4. The zero-order valence-electron chi connectivity index (χ0n) is 12.9. The Labute approximate surface area is 121 Å². The normalized spacial score (nSPS) is 14.8. The zero-order chi connectivity index (χ0) is 14.9. The number of carboxylic acids is 1. The van der Waals surface area contributed by atoms with Gasteiger partial charge in [0, 0.05) is 0 Å². The lowest BCUT2D eigenvalue weighted by Gasteiger charge is -2.27. The molecule has 20 heavy (non-hydrogen) atoms. The molecule has 0 radical (unpaired) electrons. The second kappa shape index (κ2) is 5.47. The molecule has 0 atom stereocenters. The molecule has 0 fully saturated rings. The summed E-state index contributed by atoms with van der Waals surface area (Å²) in [4.78, 5) is 11.4. The number of benzene rings is 1. The van der Waals surface area contributed by atoms with E-state index in [0.717, 1.165) is 24.2 Å². The van der Waals surface area contributed by atoms with Gasteiger partial charge in [0.2, 0.25) is 0 Å². The number of aryl methyl sites for hydroxylation is 1. The van der Waals surface area contributed by atoms with E-state index in [2.05, 4.69) is 13.0 Å². The van der Waals surface area contributed by atoms with Gasteiger partial charge in [0.25, 0.3) is 0 Å². The first kappa shape index (κ1) is 14.9. The molecule has 0 aromatic heterocycles. The van der Waals surface area contributed by atoms with Crippen molar-refractivity contribution >= 4 is 5.97 Å². The van der Waals surface area contributed by atoms with Crippen LogP contribution in [0.2, 0.25) is 0 Å². The summed E-state index contributed by atoms with van der Waals surface area (Å²) in [7, 11) is 1.67. The van der Waals surface area contributed by atoms with Crippen molar-refractivity contribution in [2.45, 2.75) is 52.9 Å². The lowest BCUT2D eigenvalue weighted by molar-refractivity contribution is -0.146. The van der Waals surface area contributed by atoms with E-state index < -0.39 is 11.4 Å². The van der Waals surface area contributed by atoms with Gasteiger partial charge in [-0.3, -0.25) is 4.79 Å². The SMILES string of the molecule is COc1cc(C)c2c(c1CC(C)(C)C(=O)O)CCCC2. The van der Waals surface area contributed by atoms with Crippen LogP contribution in [0.15, 0.2) is 6.07 Å². The minimum absolute atomic E-state index is 0.522. The minimum atomic E-state index is -0.770. The molecule has 0 bridgehead atoms.